The molecule has 5 rings (SSSR count). The minimum atomic E-state index is -0.553. The summed E-state index contributed by atoms with van der Waals surface area (Å²) in [5.41, 5.74) is 1.94. The Morgan fingerprint density at radius 1 is 1.14 bits per heavy atom. The summed E-state index contributed by atoms with van der Waals surface area (Å²) in [5, 5.41) is 13.5. The number of imide groups is 1. The molecule has 0 atom stereocenters. The quantitative estimate of drug-likeness (QED) is 0.149. The van der Waals surface area contributed by atoms with Gasteiger partial charge in [0.2, 0.25) is 6.79 Å². The van der Waals surface area contributed by atoms with Gasteiger partial charge in [0.05, 0.1) is 16.4 Å². The third-order valence-electron chi connectivity index (χ3n) is 6.86. The van der Waals surface area contributed by atoms with Crippen molar-refractivity contribution in [1.29, 1.82) is 0 Å². The van der Waals surface area contributed by atoms with Crippen LogP contribution < -0.4 is 24.4 Å². The lowest BCUT2D eigenvalue weighted by Gasteiger charge is -2.22. The summed E-state index contributed by atoms with van der Waals surface area (Å²) >= 11 is 7.16. The highest BCUT2D eigenvalue weighted by Crippen LogP contribution is 2.40. The Morgan fingerprint density at radius 2 is 1.89 bits per heavy atom. The number of rotatable bonds is 11. The SMILES string of the molecule is CCN(CC)c1ccc(/C=C2\SC(=O)N(Cc3cc4c(cc3Cl)OCO4)C2=O)c(OCC(=O)Nc2cccc([N+](=O)[O-])c2)c1. The van der Waals surface area contributed by atoms with E-state index in [1.807, 2.05) is 19.9 Å². The van der Waals surface area contributed by atoms with Crippen molar-refractivity contribution in [2.75, 3.05) is 36.7 Å². The molecular weight excluding hydrogens is 612 g/mol. The maximum Gasteiger partial charge on any atom is 0.293 e. The molecule has 2 aliphatic rings. The van der Waals surface area contributed by atoms with Gasteiger partial charge in [0.15, 0.2) is 18.1 Å². The lowest BCUT2D eigenvalue weighted by atomic mass is 10.1. The van der Waals surface area contributed by atoms with Crippen molar-refractivity contribution >= 4 is 63.6 Å². The molecule has 0 aliphatic carbocycles. The first-order chi connectivity index (χ1) is 21.2. The number of non-ortho nitro benzene ring substituents is 1. The molecular formula is C30H27ClN4O8S. The number of nitrogens with zero attached hydrogens (tertiary/aromatic N) is 3. The van der Waals surface area contributed by atoms with E-state index in [4.69, 9.17) is 25.8 Å². The fraction of sp³-hybridized carbons (Fsp3) is 0.233. The first-order valence-electron chi connectivity index (χ1n) is 13.6. The van der Waals surface area contributed by atoms with E-state index in [-0.39, 0.29) is 29.6 Å². The van der Waals surface area contributed by atoms with Crippen LogP contribution in [0.5, 0.6) is 17.2 Å². The molecule has 1 fully saturated rings. The van der Waals surface area contributed by atoms with Crippen LogP contribution in [0, 0.1) is 10.1 Å². The van der Waals surface area contributed by atoms with E-state index >= 15 is 0 Å². The molecule has 1 saturated heterocycles. The number of amides is 3. The van der Waals surface area contributed by atoms with Crippen molar-refractivity contribution in [3.05, 3.63) is 85.8 Å². The van der Waals surface area contributed by atoms with Gasteiger partial charge in [0.1, 0.15) is 5.75 Å². The molecule has 0 radical (unpaired) electrons. The van der Waals surface area contributed by atoms with Crippen molar-refractivity contribution in [2.24, 2.45) is 0 Å². The van der Waals surface area contributed by atoms with Crippen LogP contribution >= 0.6 is 23.4 Å². The second kappa shape index (κ2) is 13.3. The summed E-state index contributed by atoms with van der Waals surface area (Å²) in [6.45, 7) is 5.07. The third-order valence-corrected chi connectivity index (χ3v) is 8.11. The minimum absolute atomic E-state index is 0.0560. The molecule has 0 bridgehead atoms. The van der Waals surface area contributed by atoms with E-state index in [1.165, 1.54) is 24.3 Å². The van der Waals surface area contributed by atoms with Gasteiger partial charge in [-0.05, 0) is 61.5 Å². The second-order valence-electron chi connectivity index (χ2n) is 9.60. The predicted octanol–water partition coefficient (Wildman–Crippen LogP) is 6.08. The van der Waals surface area contributed by atoms with Gasteiger partial charge in [-0.15, -0.1) is 0 Å². The lowest BCUT2D eigenvalue weighted by molar-refractivity contribution is -0.384. The summed E-state index contributed by atoms with van der Waals surface area (Å²) < 4.78 is 16.6. The van der Waals surface area contributed by atoms with Gasteiger partial charge in [0, 0.05) is 59.3 Å². The van der Waals surface area contributed by atoms with Gasteiger partial charge in [-0.2, -0.15) is 0 Å². The van der Waals surface area contributed by atoms with E-state index in [0.717, 1.165) is 35.4 Å². The van der Waals surface area contributed by atoms with Crippen LogP contribution in [-0.2, 0) is 16.1 Å². The number of carbonyl (C=O) groups excluding carboxylic acids is 3. The fourth-order valence-electron chi connectivity index (χ4n) is 4.62. The Morgan fingerprint density at radius 3 is 2.61 bits per heavy atom. The molecule has 228 valence electrons. The normalized spacial score (nSPS) is 14.7. The standard InChI is InChI=1S/C30H27ClN4O8S/c1-3-33(4-2)21-9-8-18(24(13-21)41-16-28(36)32-20-6-5-7-22(12-20)35(39)40)11-27-29(37)34(30(38)44-27)15-19-10-25-26(14-23(19)31)43-17-42-25/h5-14H,3-4,15-17H2,1-2H3,(H,32,36)/b27-11-. The molecule has 3 aromatic carbocycles. The van der Waals surface area contributed by atoms with Crippen molar-refractivity contribution < 1.29 is 33.5 Å². The number of nitrogens with one attached hydrogen (secondary N) is 1. The van der Waals surface area contributed by atoms with Gasteiger partial charge in [0.25, 0.3) is 22.7 Å². The van der Waals surface area contributed by atoms with E-state index < -0.39 is 28.6 Å². The third kappa shape index (κ3) is 6.74. The molecule has 44 heavy (non-hydrogen) atoms. The van der Waals surface area contributed by atoms with Crippen LogP contribution in [-0.4, -0.2) is 53.4 Å². The fourth-order valence-corrected chi connectivity index (χ4v) is 5.66. The number of carbonyl (C=O) groups is 3. The average Bonchev–Trinajstić information content (AvgIpc) is 3.56. The maximum absolute atomic E-state index is 13.3. The van der Waals surface area contributed by atoms with E-state index in [0.29, 0.717) is 33.4 Å². The Kier molecular flexibility index (Phi) is 9.26. The van der Waals surface area contributed by atoms with E-state index in [9.17, 15) is 24.5 Å². The van der Waals surface area contributed by atoms with Gasteiger partial charge in [-0.3, -0.25) is 29.4 Å². The number of thioether (sulfide) groups is 1. The maximum atomic E-state index is 13.3. The molecule has 12 nitrogen and oxygen atoms in total. The minimum Gasteiger partial charge on any atom is -0.483 e. The molecule has 14 heteroatoms. The van der Waals surface area contributed by atoms with E-state index in [2.05, 4.69) is 10.2 Å². The molecule has 0 saturated carbocycles. The number of halogens is 1. The van der Waals surface area contributed by atoms with Gasteiger partial charge in [-0.25, -0.2) is 0 Å². The zero-order valence-corrected chi connectivity index (χ0v) is 25.3. The number of nitro groups is 1. The molecule has 0 unspecified atom stereocenters. The smallest absolute Gasteiger partial charge is 0.293 e. The summed E-state index contributed by atoms with van der Waals surface area (Å²) in [5.74, 6) is 0.250. The van der Waals surface area contributed by atoms with Crippen molar-refractivity contribution in [2.45, 2.75) is 20.4 Å². The zero-order valence-electron chi connectivity index (χ0n) is 23.7. The number of fused-ring (bicyclic) bond motifs is 1. The van der Waals surface area contributed by atoms with Crippen LogP contribution in [0.3, 0.4) is 0 Å². The van der Waals surface area contributed by atoms with Gasteiger partial charge >= 0.3 is 0 Å². The Bertz CT molecular complexity index is 1680. The first kappa shape index (κ1) is 30.7. The Labute approximate surface area is 261 Å². The lowest BCUT2D eigenvalue weighted by Crippen LogP contribution is -2.27. The molecule has 3 aromatic rings. The summed E-state index contributed by atoms with van der Waals surface area (Å²) in [6.07, 6.45) is 1.55. The highest BCUT2D eigenvalue weighted by atomic mass is 35.5. The number of benzene rings is 3. The summed E-state index contributed by atoms with van der Waals surface area (Å²) in [4.78, 5) is 52.8. The number of ether oxygens (including phenoxy) is 3. The second-order valence-corrected chi connectivity index (χ2v) is 11.0. The number of hydrogen-bond acceptors (Lipinski definition) is 10. The zero-order chi connectivity index (χ0) is 31.4. The van der Waals surface area contributed by atoms with Crippen LogP contribution in [0.1, 0.15) is 25.0 Å². The highest BCUT2D eigenvalue weighted by Gasteiger charge is 2.36. The topological polar surface area (TPSA) is 141 Å². The Hall–Kier alpha value is -4.75. The number of anilines is 2. The van der Waals surface area contributed by atoms with Gasteiger partial charge < -0.3 is 24.4 Å². The number of nitro benzene ring substituents is 1. The molecule has 0 spiro atoms. The molecule has 3 amide bonds. The summed E-state index contributed by atoms with van der Waals surface area (Å²) in [6, 6.07) is 14.2. The van der Waals surface area contributed by atoms with Crippen LogP contribution in [0.2, 0.25) is 5.02 Å². The summed E-state index contributed by atoms with van der Waals surface area (Å²) in [7, 11) is 0. The average molecular weight is 639 g/mol. The molecule has 2 heterocycles. The van der Waals surface area contributed by atoms with Crippen molar-refractivity contribution in [3.8, 4) is 17.2 Å². The predicted molar refractivity (Wildman–Crippen MR) is 166 cm³/mol. The van der Waals surface area contributed by atoms with Crippen LogP contribution in [0.25, 0.3) is 6.08 Å². The highest BCUT2D eigenvalue weighted by molar-refractivity contribution is 8.18. The van der Waals surface area contributed by atoms with Crippen molar-refractivity contribution in [1.82, 2.24) is 4.90 Å². The number of hydrogen-bond donors (Lipinski definition) is 1. The van der Waals surface area contributed by atoms with Gasteiger partial charge in [-0.1, -0.05) is 17.7 Å². The first-order valence-corrected chi connectivity index (χ1v) is 14.8. The molecule has 0 aromatic heterocycles. The van der Waals surface area contributed by atoms with Crippen molar-refractivity contribution in [3.63, 3.8) is 0 Å². The monoisotopic (exact) mass is 638 g/mol. The largest absolute Gasteiger partial charge is 0.483 e. The molecule has 1 N–H and O–H groups in total. The van der Waals surface area contributed by atoms with Crippen LogP contribution in [0.15, 0.2) is 59.5 Å². The van der Waals surface area contributed by atoms with E-state index in [1.54, 1.807) is 30.3 Å². The Balaban J connectivity index is 1.36. The van der Waals surface area contributed by atoms with Crippen LogP contribution in [0.4, 0.5) is 21.9 Å². The molecule has 2 aliphatic heterocycles.